The number of pyridine rings is 1. The van der Waals surface area contributed by atoms with Crippen LogP contribution in [-0.4, -0.2) is 41.3 Å². The summed E-state index contributed by atoms with van der Waals surface area (Å²) in [6.07, 6.45) is 4.09. The third-order valence-electron chi connectivity index (χ3n) is 2.98. The fourth-order valence-corrected chi connectivity index (χ4v) is 2.16. The molecule has 1 saturated heterocycles. The van der Waals surface area contributed by atoms with Crippen LogP contribution in [0.2, 0.25) is 5.02 Å². The lowest BCUT2D eigenvalue weighted by atomic mass is 10.1. The minimum atomic E-state index is -0.227. The third-order valence-corrected chi connectivity index (χ3v) is 3.28. The van der Waals surface area contributed by atoms with Gasteiger partial charge in [0.2, 0.25) is 5.91 Å². The van der Waals surface area contributed by atoms with Gasteiger partial charge in [0.1, 0.15) is 0 Å². The van der Waals surface area contributed by atoms with Gasteiger partial charge in [0.05, 0.1) is 10.6 Å². The van der Waals surface area contributed by atoms with Gasteiger partial charge in [-0.3, -0.25) is 14.6 Å². The van der Waals surface area contributed by atoms with Gasteiger partial charge in [0.25, 0.3) is 5.91 Å². The zero-order chi connectivity index (χ0) is 13.1. The Kier molecular flexibility index (Phi) is 3.81. The molecule has 1 unspecified atom stereocenters. The van der Waals surface area contributed by atoms with Crippen molar-refractivity contribution < 1.29 is 9.59 Å². The van der Waals surface area contributed by atoms with E-state index in [0.717, 1.165) is 0 Å². The first kappa shape index (κ1) is 12.8. The van der Waals surface area contributed by atoms with E-state index in [1.165, 1.54) is 12.4 Å². The smallest absolute Gasteiger partial charge is 0.253 e. The number of halogens is 1. The molecule has 0 spiro atoms. The monoisotopic (exact) mass is 267 g/mol. The maximum atomic E-state index is 12.0. The molecule has 0 bridgehead atoms. The summed E-state index contributed by atoms with van der Waals surface area (Å²) in [5, 5.41) is 3.21. The summed E-state index contributed by atoms with van der Waals surface area (Å²) in [4.78, 5) is 28.8. The molecule has 0 radical (unpaired) electrons. The molecule has 6 heteroatoms. The van der Waals surface area contributed by atoms with E-state index in [1.807, 2.05) is 0 Å². The SMILES string of the molecule is CN1CC(NC(=O)c2ccncc2Cl)CCC1=O. The van der Waals surface area contributed by atoms with Crippen LogP contribution < -0.4 is 5.32 Å². The second kappa shape index (κ2) is 5.35. The number of aromatic nitrogens is 1. The summed E-state index contributed by atoms with van der Waals surface area (Å²) >= 11 is 5.90. The summed E-state index contributed by atoms with van der Waals surface area (Å²) in [5.41, 5.74) is 0.409. The molecular formula is C12H14ClN3O2. The molecule has 2 amide bonds. The van der Waals surface area contributed by atoms with Gasteiger partial charge >= 0.3 is 0 Å². The third kappa shape index (κ3) is 2.79. The van der Waals surface area contributed by atoms with Crippen molar-refractivity contribution in [3.05, 3.63) is 29.0 Å². The van der Waals surface area contributed by atoms with Gasteiger partial charge in [-0.15, -0.1) is 0 Å². The maximum Gasteiger partial charge on any atom is 0.253 e. The number of nitrogens with zero attached hydrogens (tertiary/aromatic N) is 2. The number of likely N-dealkylation sites (tertiary alicyclic amines) is 1. The lowest BCUT2D eigenvalue weighted by Gasteiger charge is -2.30. The number of likely N-dealkylation sites (N-methyl/N-ethyl adjacent to an activating group) is 1. The summed E-state index contributed by atoms with van der Waals surface area (Å²) in [6.45, 7) is 0.535. The predicted molar refractivity (Wildman–Crippen MR) is 67.4 cm³/mol. The Balaban J connectivity index is 2.00. The summed E-state index contributed by atoms with van der Waals surface area (Å²) < 4.78 is 0. The van der Waals surface area contributed by atoms with Crippen LogP contribution in [0.4, 0.5) is 0 Å². The van der Waals surface area contributed by atoms with Gasteiger partial charge in [-0.2, -0.15) is 0 Å². The van der Waals surface area contributed by atoms with Crippen LogP contribution in [-0.2, 0) is 4.79 Å². The lowest BCUT2D eigenvalue weighted by molar-refractivity contribution is -0.132. The molecule has 1 aliphatic rings. The molecule has 1 aromatic rings. The molecule has 0 aliphatic carbocycles. The van der Waals surface area contributed by atoms with Crippen molar-refractivity contribution in [2.45, 2.75) is 18.9 Å². The number of carbonyl (C=O) groups excluding carboxylic acids is 2. The maximum absolute atomic E-state index is 12.0. The standard InChI is InChI=1S/C12H14ClN3O2/c1-16-7-8(2-3-11(16)17)15-12(18)9-4-5-14-6-10(9)13/h4-6,8H,2-3,7H2,1H3,(H,15,18). The van der Waals surface area contributed by atoms with E-state index >= 15 is 0 Å². The molecule has 5 nitrogen and oxygen atoms in total. The largest absolute Gasteiger partial charge is 0.347 e. The minimum Gasteiger partial charge on any atom is -0.347 e. The molecule has 1 fully saturated rings. The highest BCUT2D eigenvalue weighted by atomic mass is 35.5. The molecule has 2 rings (SSSR count). The van der Waals surface area contributed by atoms with Crippen molar-refractivity contribution in [1.82, 2.24) is 15.2 Å². The van der Waals surface area contributed by atoms with Gasteiger partial charge < -0.3 is 10.2 Å². The van der Waals surface area contributed by atoms with Crippen molar-refractivity contribution in [2.75, 3.05) is 13.6 Å². The van der Waals surface area contributed by atoms with E-state index < -0.39 is 0 Å². The molecule has 1 N–H and O–H groups in total. The molecular weight excluding hydrogens is 254 g/mol. The summed E-state index contributed by atoms with van der Waals surface area (Å²) in [7, 11) is 1.74. The van der Waals surface area contributed by atoms with Crippen LogP contribution in [0.5, 0.6) is 0 Å². The average Bonchev–Trinajstić information content (AvgIpc) is 2.34. The molecule has 18 heavy (non-hydrogen) atoms. The Labute approximate surface area is 110 Å². The van der Waals surface area contributed by atoms with Gasteiger partial charge in [0.15, 0.2) is 0 Å². The van der Waals surface area contributed by atoms with Crippen LogP contribution in [0.25, 0.3) is 0 Å². The van der Waals surface area contributed by atoms with Crippen molar-refractivity contribution in [3.63, 3.8) is 0 Å². The highest BCUT2D eigenvalue weighted by molar-refractivity contribution is 6.33. The van der Waals surface area contributed by atoms with Crippen molar-refractivity contribution in [3.8, 4) is 0 Å². The molecule has 0 saturated carbocycles. The minimum absolute atomic E-state index is 0.0237. The van der Waals surface area contributed by atoms with Crippen LogP contribution in [0.15, 0.2) is 18.5 Å². The Morgan fingerprint density at radius 1 is 1.61 bits per heavy atom. The van der Waals surface area contributed by atoms with E-state index in [-0.39, 0.29) is 17.9 Å². The number of piperidine rings is 1. The molecule has 1 aliphatic heterocycles. The zero-order valence-electron chi connectivity index (χ0n) is 10.0. The number of rotatable bonds is 2. The first-order valence-corrected chi connectivity index (χ1v) is 6.10. The molecule has 0 aromatic carbocycles. The number of amides is 2. The Morgan fingerprint density at radius 3 is 3.06 bits per heavy atom. The fourth-order valence-electron chi connectivity index (χ4n) is 1.95. The van der Waals surface area contributed by atoms with E-state index in [9.17, 15) is 9.59 Å². The average molecular weight is 268 g/mol. The molecule has 96 valence electrons. The zero-order valence-corrected chi connectivity index (χ0v) is 10.8. The Morgan fingerprint density at radius 2 is 2.39 bits per heavy atom. The number of carbonyl (C=O) groups is 2. The highest BCUT2D eigenvalue weighted by Crippen LogP contribution is 2.15. The number of hydrogen-bond acceptors (Lipinski definition) is 3. The van der Waals surface area contributed by atoms with Crippen molar-refractivity contribution >= 4 is 23.4 Å². The van der Waals surface area contributed by atoms with Gasteiger partial charge in [-0.25, -0.2) is 0 Å². The number of nitrogens with one attached hydrogen (secondary N) is 1. The van der Waals surface area contributed by atoms with Crippen molar-refractivity contribution in [2.24, 2.45) is 0 Å². The van der Waals surface area contributed by atoms with E-state index in [2.05, 4.69) is 10.3 Å². The first-order valence-electron chi connectivity index (χ1n) is 5.72. The molecule has 1 atom stereocenters. The topological polar surface area (TPSA) is 62.3 Å². The second-order valence-electron chi connectivity index (χ2n) is 4.34. The number of hydrogen-bond donors (Lipinski definition) is 1. The molecule has 1 aromatic heterocycles. The second-order valence-corrected chi connectivity index (χ2v) is 4.75. The fraction of sp³-hybridized carbons (Fsp3) is 0.417. The quantitative estimate of drug-likeness (QED) is 0.872. The van der Waals surface area contributed by atoms with Crippen LogP contribution >= 0.6 is 11.6 Å². The van der Waals surface area contributed by atoms with Gasteiger partial charge in [-0.05, 0) is 12.5 Å². The van der Waals surface area contributed by atoms with Crippen LogP contribution in [0.3, 0.4) is 0 Å². The predicted octanol–water partition coefficient (Wildman–Crippen LogP) is 1.09. The lowest BCUT2D eigenvalue weighted by Crippen LogP contribution is -2.48. The molecule has 2 heterocycles. The first-order chi connectivity index (χ1) is 8.58. The van der Waals surface area contributed by atoms with Crippen molar-refractivity contribution in [1.29, 1.82) is 0 Å². The Bertz CT molecular complexity index is 478. The summed E-state index contributed by atoms with van der Waals surface area (Å²) in [6, 6.07) is 1.56. The van der Waals surface area contributed by atoms with E-state index in [0.29, 0.717) is 30.0 Å². The van der Waals surface area contributed by atoms with Gasteiger partial charge in [0, 0.05) is 38.4 Å². The normalized spacial score (nSPS) is 19.8. The van der Waals surface area contributed by atoms with E-state index in [4.69, 9.17) is 11.6 Å². The highest BCUT2D eigenvalue weighted by Gasteiger charge is 2.24. The summed E-state index contributed by atoms with van der Waals surface area (Å²) in [5.74, 6) is -0.113. The Hall–Kier alpha value is -1.62. The van der Waals surface area contributed by atoms with Crippen LogP contribution in [0, 0.1) is 0 Å². The van der Waals surface area contributed by atoms with E-state index in [1.54, 1.807) is 18.0 Å². The van der Waals surface area contributed by atoms with Crippen LogP contribution in [0.1, 0.15) is 23.2 Å². The van der Waals surface area contributed by atoms with Gasteiger partial charge in [-0.1, -0.05) is 11.6 Å².